The van der Waals surface area contributed by atoms with Crippen molar-refractivity contribution in [3.8, 4) is 5.75 Å². The number of carbonyl (C=O) groups is 1. The first kappa shape index (κ1) is 14.5. The molecule has 0 aromatic heterocycles. The summed E-state index contributed by atoms with van der Waals surface area (Å²) in [5, 5.41) is 0. The van der Waals surface area contributed by atoms with Crippen LogP contribution < -0.4 is 4.74 Å². The van der Waals surface area contributed by atoms with Gasteiger partial charge in [0, 0.05) is 12.8 Å². The molecule has 1 atom stereocenters. The van der Waals surface area contributed by atoms with E-state index in [-0.39, 0.29) is 18.0 Å². The number of halogens is 3. The smallest absolute Gasteiger partial charge is 0.416 e. The predicted molar refractivity (Wildman–Crippen MR) is 61.4 cm³/mol. The fourth-order valence-corrected chi connectivity index (χ4v) is 1.48. The Bertz CT molecular complexity index is 413. The molecule has 18 heavy (non-hydrogen) atoms. The molecule has 0 fully saturated rings. The fourth-order valence-electron chi connectivity index (χ4n) is 1.48. The van der Waals surface area contributed by atoms with Gasteiger partial charge in [-0.3, -0.25) is 4.79 Å². The van der Waals surface area contributed by atoms with Crippen molar-refractivity contribution in [2.45, 2.75) is 39.0 Å². The molecule has 0 saturated heterocycles. The second-order valence-corrected chi connectivity index (χ2v) is 4.05. The summed E-state index contributed by atoms with van der Waals surface area (Å²) >= 11 is 0. The Morgan fingerprint density at radius 2 is 2.06 bits per heavy atom. The van der Waals surface area contributed by atoms with Crippen molar-refractivity contribution in [3.63, 3.8) is 0 Å². The molecule has 0 aliphatic heterocycles. The van der Waals surface area contributed by atoms with Crippen molar-refractivity contribution in [3.05, 3.63) is 29.8 Å². The molecule has 0 heterocycles. The van der Waals surface area contributed by atoms with Gasteiger partial charge in [0.25, 0.3) is 0 Å². The number of ether oxygens (including phenoxy) is 1. The average molecular weight is 260 g/mol. The number of Topliss-reactive ketones (excluding diaryl/α,β-unsaturated/α-hetero) is 1. The molecule has 0 bridgehead atoms. The summed E-state index contributed by atoms with van der Waals surface area (Å²) in [5.74, 6) is 0.149. The van der Waals surface area contributed by atoms with Gasteiger partial charge in [0.15, 0.2) is 0 Å². The maximum Gasteiger partial charge on any atom is 0.416 e. The lowest BCUT2D eigenvalue weighted by molar-refractivity contribution is -0.137. The molecule has 0 saturated carbocycles. The lowest BCUT2D eigenvalue weighted by atomic mass is 10.1. The zero-order chi connectivity index (χ0) is 13.8. The number of hydrogen-bond donors (Lipinski definition) is 0. The van der Waals surface area contributed by atoms with E-state index in [0.717, 1.165) is 12.1 Å². The van der Waals surface area contributed by atoms with Crippen molar-refractivity contribution in [2.24, 2.45) is 0 Å². The highest BCUT2D eigenvalue weighted by Gasteiger charge is 2.30. The van der Waals surface area contributed by atoms with Crippen molar-refractivity contribution in [2.75, 3.05) is 0 Å². The van der Waals surface area contributed by atoms with Crippen LogP contribution in [0.1, 0.15) is 32.3 Å². The average Bonchev–Trinajstić information content (AvgIpc) is 2.27. The number of alkyl halides is 3. The van der Waals surface area contributed by atoms with Crippen molar-refractivity contribution in [1.82, 2.24) is 0 Å². The third kappa shape index (κ3) is 4.39. The standard InChI is InChI=1S/C13H15F3O2/c1-3-11(17)7-9(2)18-12-6-4-5-10(8-12)13(14,15)16/h4-6,8-9H,3,7H2,1-2H3/t9-/m1/s1. The van der Waals surface area contributed by atoms with E-state index in [1.54, 1.807) is 13.8 Å². The van der Waals surface area contributed by atoms with Crippen LogP contribution in [0, 0.1) is 0 Å². The lowest BCUT2D eigenvalue weighted by Crippen LogP contribution is -2.17. The monoisotopic (exact) mass is 260 g/mol. The van der Waals surface area contributed by atoms with Gasteiger partial charge < -0.3 is 4.74 Å². The first-order valence-corrected chi connectivity index (χ1v) is 5.68. The van der Waals surface area contributed by atoms with E-state index < -0.39 is 17.8 Å². The molecule has 0 amide bonds. The van der Waals surface area contributed by atoms with Gasteiger partial charge in [0.1, 0.15) is 17.6 Å². The van der Waals surface area contributed by atoms with E-state index in [1.165, 1.54) is 12.1 Å². The molecule has 0 spiro atoms. The van der Waals surface area contributed by atoms with Crippen LogP contribution in [-0.2, 0) is 11.0 Å². The Morgan fingerprint density at radius 3 is 2.61 bits per heavy atom. The first-order chi connectivity index (χ1) is 8.32. The minimum absolute atomic E-state index is 0.0227. The molecule has 0 radical (unpaired) electrons. The van der Waals surface area contributed by atoms with Gasteiger partial charge in [0.05, 0.1) is 5.56 Å². The number of carbonyl (C=O) groups excluding carboxylic acids is 1. The Kier molecular flexibility index (Phi) is 4.76. The quantitative estimate of drug-likeness (QED) is 0.804. The molecule has 5 heteroatoms. The van der Waals surface area contributed by atoms with Crippen LogP contribution >= 0.6 is 0 Å². The highest BCUT2D eigenvalue weighted by molar-refractivity contribution is 5.78. The van der Waals surface area contributed by atoms with E-state index in [1.807, 2.05) is 0 Å². The van der Waals surface area contributed by atoms with E-state index in [0.29, 0.717) is 6.42 Å². The number of benzene rings is 1. The third-order valence-electron chi connectivity index (χ3n) is 2.41. The zero-order valence-corrected chi connectivity index (χ0v) is 10.3. The summed E-state index contributed by atoms with van der Waals surface area (Å²) in [5.41, 5.74) is -0.756. The molecule has 1 rings (SSSR count). The van der Waals surface area contributed by atoms with Crippen LogP contribution in [0.4, 0.5) is 13.2 Å². The molecular weight excluding hydrogens is 245 g/mol. The maximum absolute atomic E-state index is 12.5. The van der Waals surface area contributed by atoms with Gasteiger partial charge in [-0.15, -0.1) is 0 Å². The normalized spacial score (nSPS) is 13.2. The Hall–Kier alpha value is -1.52. The number of ketones is 1. The lowest BCUT2D eigenvalue weighted by Gasteiger charge is -2.15. The van der Waals surface area contributed by atoms with Gasteiger partial charge >= 0.3 is 6.18 Å². The predicted octanol–water partition coefficient (Wildman–Crippen LogP) is 3.84. The van der Waals surface area contributed by atoms with Gasteiger partial charge in [-0.05, 0) is 25.1 Å². The molecule has 2 nitrogen and oxygen atoms in total. The third-order valence-corrected chi connectivity index (χ3v) is 2.41. The minimum Gasteiger partial charge on any atom is -0.490 e. The van der Waals surface area contributed by atoms with Crippen LogP contribution in [-0.4, -0.2) is 11.9 Å². The minimum atomic E-state index is -4.39. The van der Waals surface area contributed by atoms with Crippen LogP contribution in [0.25, 0.3) is 0 Å². The Labute approximate surface area is 104 Å². The topological polar surface area (TPSA) is 26.3 Å². The molecule has 0 unspecified atom stereocenters. The van der Waals surface area contributed by atoms with Crippen LogP contribution in [0.3, 0.4) is 0 Å². The summed E-state index contributed by atoms with van der Waals surface area (Å²) in [6, 6.07) is 4.65. The van der Waals surface area contributed by atoms with E-state index in [4.69, 9.17) is 4.74 Å². The van der Waals surface area contributed by atoms with Crippen molar-refractivity contribution in [1.29, 1.82) is 0 Å². The first-order valence-electron chi connectivity index (χ1n) is 5.68. The van der Waals surface area contributed by atoms with E-state index in [9.17, 15) is 18.0 Å². The van der Waals surface area contributed by atoms with Crippen LogP contribution in [0.5, 0.6) is 5.75 Å². The summed E-state index contributed by atoms with van der Waals surface area (Å²) in [6.07, 6.45) is -4.22. The van der Waals surface area contributed by atoms with E-state index in [2.05, 4.69) is 0 Å². The Morgan fingerprint density at radius 1 is 1.39 bits per heavy atom. The van der Waals surface area contributed by atoms with Gasteiger partial charge in [-0.25, -0.2) is 0 Å². The molecule has 1 aromatic carbocycles. The molecule has 0 aliphatic carbocycles. The van der Waals surface area contributed by atoms with Crippen LogP contribution in [0.15, 0.2) is 24.3 Å². The summed E-state index contributed by atoms with van der Waals surface area (Å²) < 4.78 is 42.7. The van der Waals surface area contributed by atoms with Gasteiger partial charge in [-0.2, -0.15) is 13.2 Å². The number of rotatable bonds is 5. The summed E-state index contributed by atoms with van der Waals surface area (Å²) in [4.78, 5) is 11.2. The van der Waals surface area contributed by atoms with Crippen molar-refractivity contribution < 1.29 is 22.7 Å². The largest absolute Gasteiger partial charge is 0.490 e. The second-order valence-electron chi connectivity index (χ2n) is 4.05. The van der Waals surface area contributed by atoms with Crippen molar-refractivity contribution >= 4 is 5.78 Å². The van der Waals surface area contributed by atoms with Gasteiger partial charge in [-0.1, -0.05) is 13.0 Å². The summed E-state index contributed by atoms with van der Waals surface area (Å²) in [7, 11) is 0. The Balaban J connectivity index is 2.71. The van der Waals surface area contributed by atoms with E-state index >= 15 is 0 Å². The highest BCUT2D eigenvalue weighted by atomic mass is 19.4. The van der Waals surface area contributed by atoms with Crippen LogP contribution in [0.2, 0.25) is 0 Å². The SMILES string of the molecule is CCC(=O)C[C@@H](C)Oc1cccc(C(F)(F)F)c1. The highest BCUT2D eigenvalue weighted by Crippen LogP contribution is 2.31. The summed E-state index contributed by atoms with van der Waals surface area (Å²) in [6.45, 7) is 3.40. The molecule has 1 aromatic rings. The molecule has 100 valence electrons. The molecule has 0 N–H and O–H groups in total. The fraction of sp³-hybridized carbons (Fsp3) is 0.462. The second kappa shape index (κ2) is 5.89. The molecular formula is C13H15F3O2. The maximum atomic E-state index is 12.5. The number of hydrogen-bond acceptors (Lipinski definition) is 2. The zero-order valence-electron chi connectivity index (χ0n) is 10.3. The van der Waals surface area contributed by atoms with Gasteiger partial charge in [0.2, 0.25) is 0 Å². The molecule has 0 aliphatic rings.